The number of aliphatic hydroxyl groups is 1. The summed E-state index contributed by atoms with van der Waals surface area (Å²) in [4.78, 5) is 15.1. The molecule has 0 spiro atoms. The molecule has 2 aromatic rings. The Bertz CT molecular complexity index is 617. The summed E-state index contributed by atoms with van der Waals surface area (Å²) in [5.74, 6) is 1.34. The Kier molecular flexibility index (Phi) is 2.02. The fraction of sp³-hybridized carbons (Fsp3) is 0.300. The van der Waals surface area contributed by atoms with Gasteiger partial charge in [0.05, 0.1) is 0 Å². The van der Waals surface area contributed by atoms with Crippen molar-refractivity contribution in [2.75, 3.05) is 18.1 Å². The summed E-state index contributed by atoms with van der Waals surface area (Å²) in [6, 6.07) is 0. The highest BCUT2D eigenvalue weighted by atomic mass is 16.3. The molecular weight excluding hydrogens is 220 g/mol. The van der Waals surface area contributed by atoms with Gasteiger partial charge in [-0.15, -0.1) is 0 Å². The number of nitrogens with one attached hydrogen (secondary N) is 1. The van der Waals surface area contributed by atoms with Crippen molar-refractivity contribution in [1.29, 1.82) is 0 Å². The molecule has 0 bridgehead atoms. The van der Waals surface area contributed by atoms with Crippen LogP contribution in [0.25, 0.3) is 17.2 Å². The van der Waals surface area contributed by atoms with Gasteiger partial charge in [-0.25, -0.2) is 4.98 Å². The van der Waals surface area contributed by atoms with Gasteiger partial charge in [0.15, 0.2) is 11.5 Å². The Morgan fingerprint density at radius 1 is 1.35 bits per heavy atom. The lowest BCUT2D eigenvalue weighted by Crippen LogP contribution is -1.99. The number of hydrogen-bond acceptors (Lipinski definition) is 6. The van der Waals surface area contributed by atoms with E-state index in [2.05, 4.69) is 19.9 Å². The number of imidazole rings is 1. The van der Waals surface area contributed by atoms with Crippen LogP contribution >= 0.6 is 0 Å². The molecule has 0 radical (unpaired) electrons. The number of anilines is 2. The Morgan fingerprint density at radius 3 is 2.88 bits per heavy atom. The van der Waals surface area contributed by atoms with Crippen LogP contribution in [0.3, 0.4) is 0 Å². The number of H-pyrrole nitrogens is 1. The van der Waals surface area contributed by atoms with Gasteiger partial charge in [0.1, 0.15) is 11.3 Å². The third-order valence-corrected chi connectivity index (χ3v) is 2.80. The third kappa shape index (κ3) is 1.70. The number of hydrogen-bond donors (Lipinski definition) is 4. The van der Waals surface area contributed by atoms with E-state index < -0.39 is 0 Å². The smallest absolute Gasteiger partial charge is 0.224 e. The standard InChI is InChI=1S/C10H12N6O/c11-8-7-9(16-10(12)15-8)14-6(13-7)2-4-1-5(4)3-17/h2,5,17H,1,3H2,(H5,11,12,13,14,15,16)/b4-2+. The highest BCUT2D eigenvalue weighted by Gasteiger charge is 2.28. The summed E-state index contributed by atoms with van der Waals surface area (Å²) >= 11 is 0. The minimum Gasteiger partial charge on any atom is -0.396 e. The number of nitrogens with two attached hydrogens (primary N) is 2. The molecular formula is C10H12N6O. The lowest BCUT2D eigenvalue weighted by molar-refractivity contribution is 0.281. The first-order chi connectivity index (χ1) is 8.17. The number of fused-ring (bicyclic) bond motifs is 1. The van der Waals surface area contributed by atoms with Gasteiger partial charge in [-0.2, -0.15) is 9.97 Å². The van der Waals surface area contributed by atoms with Gasteiger partial charge in [0.2, 0.25) is 5.95 Å². The van der Waals surface area contributed by atoms with Crippen LogP contribution < -0.4 is 11.5 Å². The van der Waals surface area contributed by atoms with Crippen molar-refractivity contribution < 1.29 is 5.11 Å². The van der Waals surface area contributed by atoms with Crippen LogP contribution in [0.4, 0.5) is 11.8 Å². The van der Waals surface area contributed by atoms with Gasteiger partial charge >= 0.3 is 0 Å². The number of aliphatic hydroxyl groups excluding tert-OH is 1. The topological polar surface area (TPSA) is 127 Å². The molecule has 3 rings (SSSR count). The van der Waals surface area contributed by atoms with Crippen molar-refractivity contribution in [3.05, 3.63) is 11.4 Å². The van der Waals surface area contributed by atoms with E-state index in [-0.39, 0.29) is 18.5 Å². The summed E-state index contributed by atoms with van der Waals surface area (Å²) in [6.07, 6.45) is 2.81. The van der Waals surface area contributed by atoms with Gasteiger partial charge in [-0.1, -0.05) is 5.57 Å². The molecule has 0 aromatic carbocycles. The summed E-state index contributed by atoms with van der Waals surface area (Å²) in [5, 5.41) is 8.94. The lowest BCUT2D eigenvalue weighted by Gasteiger charge is -1.94. The number of aromatic amines is 1. The van der Waals surface area contributed by atoms with Crippen molar-refractivity contribution in [3.63, 3.8) is 0 Å². The summed E-state index contributed by atoms with van der Waals surface area (Å²) in [6.45, 7) is 0.182. The second-order valence-corrected chi connectivity index (χ2v) is 4.09. The lowest BCUT2D eigenvalue weighted by atomic mass is 10.4. The van der Waals surface area contributed by atoms with Crippen molar-refractivity contribution in [2.45, 2.75) is 6.42 Å². The zero-order chi connectivity index (χ0) is 12.0. The van der Waals surface area contributed by atoms with Crippen LogP contribution in [0.15, 0.2) is 5.57 Å². The van der Waals surface area contributed by atoms with E-state index in [9.17, 15) is 0 Å². The molecule has 1 atom stereocenters. The van der Waals surface area contributed by atoms with Crippen LogP contribution in [-0.2, 0) is 0 Å². The first-order valence-corrected chi connectivity index (χ1v) is 5.27. The van der Waals surface area contributed by atoms with Crippen LogP contribution in [-0.4, -0.2) is 31.6 Å². The number of nitrogens with zero attached hydrogens (tertiary/aromatic N) is 3. The Balaban J connectivity index is 2.03. The minimum atomic E-state index is 0.111. The number of aromatic nitrogens is 4. The van der Waals surface area contributed by atoms with Gasteiger partial charge < -0.3 is 21.6 Å². The van der Waals surface area contributed by atoms with Crippen LogP contribution in [0.5, 0.6) is 0 Å². The maximum Gasteiger partial charge on any atom is 0.224 e. The first kappa shape index (κ1) is 10.0. The van der Waals surface area contributed by atoms with Crippen LogP contribution in [0.2, 0.25) is 0 Å². The average Bonchev–Trinajstić information content (AvgIpc) is 2.88. The quantitative estimate of drug-likeness (QED) is 0.573. The predicted octanol–water partition coefficient (Wildman–Crippen LogP) is -0.0871. The number of rotatable bonds is 2. The molecule has 0 saturated heterocycles. The molecule has 88 valence electrons. The maximum atomic E-state index is 8.94. The fourth-order valence-electron chi connectivity index (χ4n) is 1.78. The van der Waals surface area contributed by atoms with Gasteiger partial charge in [-0.3, -0.25) is 0 Å². The monoisotopic (exact) mass is 232 g/mol. The maximum absolute atomic E-state index is 8.94. The van der Waals surface area contributed by atoms with E-state index in [1.165, 1.54) is 5.57 Å². The normalized spacial score (nSPS) is 21.2. The summed E-state index contributed by atoms with van der Waals surface area (Å²) in [5.41, 5.74) is 13.4. The molecule has 2 heterocycles. The van der Waals surface area contributed by atoms with Crippen LogP contribution in [0, 0.1) is 5.92 Å². The highest BCUT2D eigenvalue weighted by Crippen LogP contribution is 2.38. The molecule has 0 amide bonds. The third-order valence-electron chi connectivity index (χ3n) is 2.80. The SMILES string of the molecule is Nc1nc(N)c2[nH]c(/C=C3\CC3CO)nc2n1. The molecule has 17 heavy (non-hydrogen) atoms. The Labute approximate surface area is 96.6 Å². The van der Waals surface area contributed by atoms with Gasteiger partial charge in [0.25, 0.3) is 0 Å². The largest absolute Gasteiger partial charge is 0.396 e. The summed E-state index contributed by atoms with van der Waals surface area (Å²) < 4.78 is 0. The van der Waals surface area contributed by atoms with Gasteiger partial charge in [0, 0.05) is 12.5 Å². The molecule has 0 aliphatic heterocycles. The number of nitrogen functional groups attached to an aromatic ring is 2. The first-order valence-electron chi connectivity index (χ1n) is 5.27. The van der Waals surface area contributed by atoms with E-state index in [0.29, 0.717) is 22.8 Å². The van der Waals surface area contributed by atoms with E-state index in [4.69, 9.17) is 16.6 Å². The van der Waals surface area contributed by atoms with Crippen molar-refractivity contribution in [3.8, 4) is 0 Å². The average molecular weight is 232 g/mol. The molecule has 1 saturated carbocycles. The molecule has 1 aliphatic carbocycles. The molecule has 1 unspecified atom stereocenters. The molecule has 7 heteroatoms. The van der Waals surface area contributed by atoms with E-state index in [1.807, 2.05) is 6.08 Å². The zero-order valence-electron chi connectivity index (χ0n) is 9.01. The van der Waals surface area contributed by atoms with Crippen molar-refractivity contribution >= 4 is 29.0 Å². The zero-order valence-corrected chi connectivity index (χ0v) is 9.01. The minimum absolute atomic E-state index is 0.111. The highest BCUT2D eigenvalue weighted by molar-refractivity contribution is 5.83. The summed E-state index contributed by atoms with van der Waals surface area (Å²) in [7, 11) is 0. The van der Waals surface area contributed by atoms with E-state index in [0.717, 1.165) is 6.42 Å². The molecule has 2 aromatic heterocycles. The van der Waals surface area contributed by atoms with Gasteiger partial charge in [-0.05, 0) is 12.5 Å². The second kappa shape index (κ2) is 3.42. The van der Waals surface area contributed by atoms with Crippen LogP contribution in [0.1, 0.15) is 12.2 Å². The van der Waals surface area contributed by atoms with E-state index in [1.54, 1.807) is 0 Å². The molecule has 6 N–H and O–H groups in total. The molecule has 1 fully saturated rings. The van der Waals surface area contributed by atoms with Crippen molar-refractivity contribution in [1.82, 2.24) is 19.9 Å². The fourth-order valence-corrected chi connectivity index (χ4v) is 1.78. The molecule has 7 nitrogen and oxygen atoms in total. The Morgan fingerprint density at radius 2 is 2.18 bits per heavy atom. The predicted molar refractivity (Wildman–Crippen MR) is 63.7 cm³/mol. The van der Waals surface area contributed by atoms with Crippen molar-refractivity contribution in [2.24, 2.45) is 5.92 Å². The second-order valence-electron chi connectivity index (χ2n) is 4.09. The van der Waals surface area contributed by atoms with E-state index >= 15 is 0 Å². The molecule has 1 aliphatic rings. The Hall–Kier alpha value is -2.15.